The molecule has 6 nitrogen and oxygen atoms in total. The van der Waals surface area contributed by atoms with Gasteiger partial charge in [-0.1, -0.05) is 6.92 Å². The minimum absolute atomic E-state index is 0.0566. The predicted octanol–water partition coefficient (Wildman–Crippen LogP) is -0.547. The first kappa shape index (κ1) is 11.1. The second-order valence-electron chi connectivity index (χ2n) is 4.06. The van der Waals surface area contributed by atoms with Crippen molar-refractivity contribution in [1.82, 2.24) is 9.55 Å². The van der Waals surface area contributed by atoms with Crippen LogP contribution in [0, 0.1) is 5.92 Å². The predicted molar refractivity (Wildman–Crippen MR) is 56.1 cm³/mol. The fourth-order valence-electron chi connectivity index (χ4n) is 2.00. The summed E-state index contributed by atoms with van der Waals surface area (Å²) in [6, 6.07) is 1.28. The van der Waals surface area contributed by atoms with Gasteiger partial charge in [0, 0.05) is 18.2 Å². The molecule has 2 rings (SSSR count). The zero-order valence-electron chi connectivity index (χ0n) is 8.92. The summed E-state index contributed by atoms with van der Waals surface area (Å²) in [5, 5.41) is 8.99. The van der Waals surface area contributed by atoms with Gasteiger partial charge < -0.3 is 9.84 Å². The van der Waals surface area contributed by atoms with Crippen molar-refractivity contribution in [3.05, 3.63) is 33.1 Å². The summed E-state index contributed by atoms with van der Waals surface area (Å²) >= 11 is 0. The molecule has 1 aromatic heterocycles. The highest BCUT2D eigenvalue weighted by Gasteiger charge is 2.33. The Morgan fingerprint density at radius 3 is 2.94 bits per heavy atom. The molecule has 1 aliphatic heterocycles. The van der Waals surface area contributed by atoms with Crippen LogP contribution in [0.15, 0.2) is 21.9 Å². The molecule has 0 aromatic carbocycles. The van der Waals surface area contributed by atoms with E-state index in [0.29, 0.717) is 6.42 Å². The molecular weight excluding hydrogens is 212 g/mol. The Balaban J connectivity index is 2.31. The average Bonchev–Trinajstić information content (AvgIpc) is 2.60. The van der Waals surface area contributed by atoms with E-state index in [1.165, 1.54) is 16.8 Å². The molecule has 0 saturated carbocycles. The molecule has 3 atom stereocenters. The van der Waals surface area contributed by atoms with E-state index in [4.69, 9.17) is 9.84 Å². The summed E-state index contributed by atoms with van der Waals surface area (Å²) in [6.45, 7) is 1.89. The van der Waals surface area contributed by atoms with Gasteiger partial charge in [0.05, 0.1) is 12.7 Å². The maximum Gasteiger partial charge on any atom is 0.330 e. The number of ether oxygens (including phenoxy) is 1. The van der Waals surface area contributed by atoms with Gasteiger partial charge in [-0.05, 0) is 6.42 Å². The Labute approximate surface area is 91.5 Å². The van der Waals surface area contributed by atoms with Crippen LogP contribution in [0.4, 0.5) is 0 Å². The Kier molecular flexibility index (Phi) is 2.93. The van der Waals surface area contributed by atoms with Gasteiger partial charge in [-0.3, -0.25) is 14.3 Å². The van der Waals surface area contributed by atoms with Crippen LogP contribution >= 0.6 is 0 Å². The van der Waals surface area contributed by atoms with Gasteiger partial charge in [-0.2, -0.15) is 0 Å². The minimum Gasteiger partial charge on any atom is -0.394 e. The van der Waals surface area contributed by atoms with E-state index >= 15 is 0 Å². The van der Waals surface area contributed by atoms with Crippen LogP contribution in [0.25, 0.3) is 0 Å². The number of hydrogen-bond donors (Lipinski definition) is 2. The Morgan fingerprint density at radius 1 is 1.62 bits per heavy atom. The number of hydrogen-bond acceptors (Lipinski definition) is 4. The monoisotopic (exact) mass is 226 g/mol. The van der Waals surface area contributed by atoms with E-state index in [9.17, 15) is 9.59 Å². The van der Waals surface area contributed by atoms with Crippen molar-refractivity contribution in [1.29, 1.82) is 0 Å². The lowest BCUT2D eigenvalue weighted by Crippen LogP contribution is -2.33. The minimum atomic E-state index is -0.483. The van der Waals surface area contributed by atoms with E-state index in [0.717, 1.165) is 0 Å². The number of aliphatic hydroxyl groups is 1. The standard InChI is InChI=1S/C10H14N2O4/c1-6-4-7(5-13)16-9(6)12-3-2-8(14)11-10(12)15/h2-3,6-7,9,13H,4-5H2,1H3,(H,11,14,15)/t6-,7+,9+/m1/s1. The molecule has 2 heterocycles. The first-order chi connectivity index (χ1) is 7.61. The molecule has 0 unspecified atom stereocenters. The quantitative estimate of drug-likeness (QED) is 0.708. The first-order valence-electron chi connectivity index (χ1n) is 5.19. The van der Waals surface area contributed by atoms with E-state index in [1.807, 2.05) is 6.92 Å². The fraction of sp³-hybridized carbons (Fsp3) is 0.600. The lowest BCUT2D eigenvalue weighted by molar-refractivity contribution is -0.0336. The lowest BCUT2D eigenvalue weighted by atomic mass is 10.1. The van der Waals surface area contributed by atoms with Crippen molar-refractivity contribution in [2.45, 2.75) is 25.7 Å². The number of rotatable bonds is 2. The van der Waals surface area contributed by atoms with Crippen LogP contribution in [-0.4, -0.2) is 27.4 Å². The van der Waals surface area contributed by atoms with Gasteiger partial charge in [0.2, 0.25) is 0 Å². The van der Waals surface area contributed by atoms with Crippen LogP contribution in [-0.2, 0) is 4.74 Å². The number of H-pyrrole nitrogens is 1. The molecule has 2 N–H and O–H groups in total. The fourth-order valence-corrected chi connectivity index (χ4v) is 2.00. The molecule has 1 saturated heterocycles. The molecule has 1 aliphatic rings. The SMILES string of the molecule is C[C@@H]1C[C@@H](CO)O[C@@H]1n1ccc(=O)[nH]c1=O. The van der Waals surface area contributed by atoms with Gasteiger partial charge in [0.25, 0.3) is 5.56 Å². The zero-order valence-corrected chi connectivity index (χ0v) is 8.92. The molecule has 1 aromatic rings. The van der Waals surface area contributed by atoms with Crippen LogP contribution in [0.3, 0.4) is 0 Å². The first-order valence-corrected chi connectivity index (χ1v) is 5.19. The number of nitrogens with zero attached hydrogens (tertiary/aromatic N) is 1. The maximum absolute atomic E-state index is 11.5. The summed E-state index contributed by atoms with van der Waals surface area (Å²) in [5.41, 5.74) is -0.909. The van der Waals surface area contributed by atoms with E-state index < -0.39 is 17.5 Å². The number of aromatic amines is 1. The third-order valence-electron chi connectivity index (χ3n) is 2.78. The van der Waals surface area contributed by atoms with Crippen molar-refractivity contribution >= 4 is 0 Å². The zero-order chi connectivity index (χ0) is 11.7. The molecule has 0 radical (unpaired) electrons. The van der Waals surface area contributed by atoms with Crippen molar-refractivity contribution in [3.63, 3.8) is 0 Å². The van der Waals surface area contributed by atoms with Gasteiger partial charge >= 0.3 is 5.69 Å². The summed E-state index contributed by atoms with van der Waals surface area (Å²) in [6.07, 6.45) is 1.47. The number of aliphatic hydroxyl groups excluding tert-OH is 1. The molecule has 0 amide bonds. The van der Waals surface area contributed by atoms with Crippen LogP contribution in [0.1, 0.15) is 19.6 Å². The van der Waals surface area contributed by atoms with Crippen molar-refractivity contribution in [2.24, 2.45) is 5.92 Å². The summed E-state index contributed by atoms with van der Waals surface area (Å²) in [4.78, 5) is 24.6. The topological polar surface area (TPSA) is 84.3 Å². The third kappa shape index (κ3) is 1.94. The van der Waals surface area contributed by atoms with Gasteiger partial charge in [-0.25, -0.2) is 4.79 Å². The highest BCUT2D eigenvalue weighted by Crippen LogP contribution is 2.32. The van der Waals surface area contributed by atoms with E-state index in [-0.39, 0.29) is 18.6 Å². The average molecular weight is 226 g/mol. The molecule has 0 spiro atoms. The van der Waals surface area contributed by atoms with E-state index in [1.54, 1.807) is 0 Å². The Bertz CT molecular complexity index is 478. The van der Waals surface area contributed by atoms with Crippen LogP contribution < -0.4 is 11.2 Å². The summed E-state index contributed by atoms with van der Waals surface area (Å²) < 4.78 is 6.87. The second-order valence-corrected chi connectivity index (χ2v) is 4.06. The van der Waals surface area contributed by atoms with Crippen molar-refractivity contribution in [3.8, 4) is 0 Å². The molecule has 88 valence electrons. The highest BCUT2D eigenvalue weighted by atomic mass is 16.5. The maximum atomic E-state index is 11.5. The molecule has 16 heavy (non-hydrogen) atoms. The lowest BCUT2D eigenvalue weighted by Gasteiger charge is -2.17. The van der Waals surface area contributed by atoms with Crippen LogP contribution in [0.2, 0.25) is 0 Å². The normalized spacial score (nSPS) is 29.5. The second kappa shape index (κ2) is 4.23. The Hall–Kier alpha value is -1.40. The summed E-state index contributed by atoms with van der Waals surface area (Å²) in [7, 11) is 0. The molecule has 0 bridgehead atoms. The number of aromatic nitrogens is 2. The number of nitrogens with one attached hydrogen (secondary N) is 1. The molecule has 1 fully saturated rings. The smallest absolute Gasteiger partial charge is 0.330 e. The van der Waals surface area contributed by atoms with Crippen molar-refractivity contribution < 1.29 is 9.84 Å². The van der Waals surface area contributed by atoms with Gasteiger partial charge in [0.1, 0.15) is 6.23 Å². The van der Waals surface area contributed by atoms with Crippen LogP contribution in [0.5, 0.6) is 0 Å². The van der Waals surface area contributed by atoms with Crippen molar-refractivity contribution in [2.75, 3.05) is 6.61 Å². The Morgan fingerprint density at radius 2 is 2.38 bits per heavy atom. The van der Waals surface area contributed by atoms with E-state index in [2.05, 4.69) is 4.98 Å². The van der Waals surface area contributed by atoms with Gasteiger partial charge in [0.15, 0.2) is 0 Å². The highest BCUT2D eigenvalue weighted by molar-refractivity contribution is 4.87. The van der Waals surface area contributed by atoms with Gasteiger partial charge in [-0.15, -0.1) is 0 Å². The molecular formula is C10H14N2O4. The summed E-state index contributed by atoms with van der Waals surface area (Å²) in [5.74, 6) is 0.126. The largest absolute Gasteiger partial charge is 0.394 e. The molecule has 6 heteroatoms. The molecule has 0 aliphatic carbocycles. The third-order valence-corrected chi connectivity index (χ3v) is 2.78.